The van der Waals surface area contributed by atoms with Gasteiger partial charge in [0.05, 0.1) is 0 Å². The van der Waals surface area contributed by atoms with E-state index >= 15 is 0 Å². The van der Waals surface area contributed by atoms with Gasteiger partial charge >= 0.3 is 0 Å². The van der Waals surface area contributed by atoms with Gasteiger partial charge in [-0.25, -0.2) is 0 Å². The van der Waals surface area contributed by atoms with Crippen LogP contribution in [0.3, 0.4) is 0 Å². The van der Waals surface area contributed by atoms with E-state index in [0.717, 1.165) is 25.8 Å². The van der Waals surface area contributed by atoms with Crippen molar-refractivity contribution >= 4 is 35.9 Å². The first-order valence-corrected chi connectivity index (χ1v) is 6.64. The van der Waals surface area contributed by atoms with E-state index in [-0.39, 0.29) is 24.3 Å². The molecule has 1 aromatic carbocycles. The van der Waals surface area contributed by atoms with Crippen LogP contribution in [0, 0.1) is 0 Å². The fourth-order valence-electron chi connectivity index (χ4n) is 1.41. The van der Waals surface area contributed by atoms with Crippen LogP contribution >= 0.6 is 24.0 Å². The van der Waals surface area contributed by atoms with Gasteiger partial charge in [-0.3, -0.25) is 10.1 Å². The molecule has 20 heavy (non-hydrogen) atoms. The number of hydrazone groups is 1. The molecule has 0 spiro atoms. The highest BCUT2D eigenvalue weighted by atomic mass is 35.5. The number of carbonyl (C=O) groups excluding carboxylic acids is 1. The number of hydrogen-bond donors (Lipinski definition) is 3. The lowest BCUT2D eigenvalue weighted by atomic mass is 10.2. The van der Waals surface area contributed by atoms with E-state index in [4.69, 9.17) is 17.3 Å². The predicted octanol–water partition coefficient (Wildman–Crippen LogP) is 2.50. The molecule has 1 rings (SSSR count). The van der Waals surface area contributed by atoms with Crippen LogP contribution in [0.4, 0.5) is 0 Å². The molecular weight excluding hydrogens is 299 g/mol. The Kier molecular flexibility index (Phi) is 9.59. The van der Waals surface area contributed by atoms with Crippen LogP contribution < -0.4 is 16.5 Å². The Labute approximate surface area is 130 Å². The highest BCUT2D eigenvalue weighted by Crippen LogP contribution is 2.09. The highest BCUT2D eigenvalue weighted by Gasteiger charge is 2.06. The number of rotatable bonds is 6. The van der Waals surface area contributed by atoms with Crippen molar-refractivity contribution in [2.75, 3.05) is 6.54 Å². The molecule has 0 aliphatic carbocycles. The third kappa shape index (κ3) is 7.21. The van der Waals surface area contributed by atoms with Gasteiger partial charge in [0.1, 0.15) is 0 Å². The molecule has 0 unspecified atom stereocenters. The zero-order chi connectivity index (χ0) is 14.1. The minimum atomic E-state index is -0.312. The SMILES string of the molecule is CCCCCN/N=C(\N)NC(=O)c1ccc(Cl)cc1.Cl. The van der Waals surface area contributed by atoms with Crippen molar-refractivity contribution in [2.24, 2.45) is 10.8 Å². The van der Waals surface area contributed by atoms with Crippen LogP contribution in [-0.4, -0.2) is 18.4 Å². The summed E-state index contributed by atoms with van der Waals surface area (Å²) >= 11 is 5.74. The van der Waals surface area contributed by atoms with Crippen molar-refractivity contribution in [3.8, 4) is 0 Å². The van der Waals surface area contributed by atoms with Gasteiger partial charge < -0.3 is 11.2 Å². The van der Waals surface area contributed by atoms with Gasteiger partial charge in [0.15, 0.2) is 0 Å². The van der Waals surface area contributed by atoms with Crippen LogP contribution in [0.15, 0.2) is 29.4 Å². The van der Waals surface area contributed by atoms with E-state index in [2.05, 4.69) is 22.8 Å². The molecular formula is C13H20Cl2N4O. The number of unbranched alkanes of at least 4 members (excludes halogenated alkanes) is 2. The summed E-state index contributed by atoms with van der Waals surface area (Å²) in [5.74, 6) is -0.260. The average molecular weight is 319 g/mol. The Hall–Kier alpha value is -1.46. The van der Waals surface area contributed by atoms with Crippen LogP contribution in [0.2, 0.25) is 5.02 Å². The zero-order valence-corrected chi connectivity index (χ0v) is 12.9. The first kappa shape index (κ1) is 18.5. The second-order valence-corrected chi connectivity index (χ2v) is 4.51. The minimum Gasteiger partial charge on any atom is -0.368 e. The van der Waals surface area contributed by atoms with Gasteiger partial charge in [0.25, 0.3) is 5.91 Å². The smallest absolute Gasteiger partial charge is 0.257 e. The predicted molar refractivity (Wildman–Crippen MR) is 85.3 cm³/mol. The van der Waals surface area contributed by atoms with Gasteiger partial charge in [-0.1, -0.05) is 31.4 Å². The second-order valence-electron chi connectivity index (χ2n) is 4.07. The topological polar surface area (TPSA) is 79.5 Å². The Morgan fingerprint density at radius 3 is 2.55 bits per heavy atom. The van der Waals surface area contributed by atoms with Gasteiger partial charge in [-0.2, -0.15) is 0 Å². The van der Waals surface area contributed by atoms with E-state index in [1.54, 1.807) is 24.3 Å². The van der Waals surface area contributed by atoms with Crippen LogP contribution in [-0.2, 0) is 0 Å². The van der Waals surface area contributed by atoms with Gasteiger partial charge in [0, 0.05) is 17.1 Å². The number of guanidine groups is 1. The maximum atomic E-state index is 11.8. The van der Waals surface area contributed by atoms with Gasteiger partial charge in [-0.15, -0.1) is 17.5 Å². The number of benzene rings is 1. The Balaban J connectivity index is 0.00000361. The van der Waals surface area contributed by atoms with E-state index in [1.807, 2.05) is 0 Å². The first-order valence-electron chi connectivity index (χ1n) is 6.26. The zero-order valence-electron chi connectivity index (χ0n) is 11.4. The summed E-state index contributed by atoms with van der Waals surface area (Å²) in [5, 5.41) is 6.93. The number of nitrogens with zero attached hydrogens (tertiary/aromatic N) is 1. The number of nitrogens with one attached hydrogen (secondary N) is 2. The fraction of sp³-hybridized carbons (Fsp3) is 0.385. The van der Waals surface area contributed by atoms with Gasteiger partial charge in [0.2, 0.25) is 5.96 Å². The highest BCUT2D eigenvalue weighted by molar-refractivity contribution is 6.30. The number of carbonyl (C=O) groups is 1. The summed E-state index contributed by atoms with van der Waals surface area (Å²) < 4.78 is 0. The average Bonchev–Trinajstić information content (AvgIpc) is 2.39. The van der Waals surface area contributed by atoms with E-state index in [1.165, 1.54) is 0 Å². The molecule has 1 amide bonds. The largest absolute Gasteiger partial charge is 0.368 e. The van der Waals surface area contributed by atoms with Crippen molar-refractivity contribution in [1.82, 2.24) is 10.7 Å². The molecule has 0 bridgehead atoms. The molecule has 112 valence electrons. The Morgan fingerprint density at radius 2 is 1.95 bits per heavy atom. The number of halogens is 2. The van der Waals surface area contributed by atoms with Crippen molar-refractivity contribution in [3.63, 3.8) is 0 Å². The molecule has 1 aromatic rings. The summed E-state index contributed by atoms with van der Waals surface area (Å²) in [6.07, 6.45) is 3.31. The fourth-order valence-corrected chi connectivity index (χ4v) is 1.54. The van der Waals surface area contributed by atoms with E-state index in [0.29, 0.717) is 10.6 Å². The summed E-state index contributed by atoms with van der Waals surface area (Å²) in [6, 6.07) is 6.54. The molecule has 0 aromatic heterocycles. The Bertz CT molecular complexity index is 435. The molecule has 0 fully saturated rings. The summed E-state index contributed by atoms with van der Waals surface area (Å²) in [4.78, 5) is 11.8. The molecule has 0 radical (unpaired) electrons. The Morgan fingerprint density at radius 1 is 1.30 bits per heavy atom. The standard InChI is InChI=1S/C13H19ClN4O.ClH/c1-2-3-4-9-16-18-13(15)17-12(19)10-5-7-11(14)8-6-10;/h5-8,16H,2-4,9H2,1H3,(H3,15,17,18,19);1H. The molecule has 0 saturated carbocycles. The number of amides is 1. The monoisotopic (exact) mass is 318 g/mol. The maximum absolute atomic E-state index is 11.8. The van der Waals surface area contributed by atoms with Crippen LogP contribution in [0.1, 0.15) is 36.5 Å². The molecule has 5 nitrogen and oxygen atoms in total. The number of nitrogens with two attached hydrogens (primary N) is 1. The summed E-state index contributed by atoms with van der Waals surface area (Å²) in [6.45, 7) is 2.87. The van der Waals surface area contributed by atoms with Crippen molar-refractivity contribution in [1.29, 1.82) is 0 Å². The molecule has 0 aliphatic rings. The number of hydrogen-bond acceptors (Lipinski definition) is 3. The second kappa shape index (κ2) is 10.3. The van der Waals surface area contributed by atoms with Crippen LogP contribution in [0.25, 0.3) is 0 Å². The summed E-state index contributed by atoms with van der Waals surface area (Å²) in [7, 11) is 0. The molecule has 7 heteroatoms. The lowest BCUT2D eigenvalue weighted by Gasteiger charge is -2.05. The normalized spacial score (nSPS) is 10.6. The first-order chi connectivity index (χ1) is 9.13. The third-order valence-electron chi connectivity index (χ3n) is 2.44. The van der Waals surface area contributed by atoms with Crippen molar-refractivity contribution in [3.05, 3.63) is 34.9 Å². The van der Waals surface area contributed by atoms with Crippen molar-refractivity contribution < 1.29 is 4.79 Å². The lowest BCUT2D eigenvalue weighted by Crippen LogP contribution is -2.38. The maximum Gasteiger partial charge on any atom is 0.257 e. The molecule has 0 heterocycles. The minimum absolute atomic E-state index is 0. The molecule has 4 N–H and O–H groups in total. The third-order valence-corrected chi connectivity index (χ3v) is 2.69. The summed E-state index contributed by atoms with van der Waals surface area (Å²) in [5.41, 5.74) is 8.88. The van der Waals surface area contributed by atoms with Crippen molar-refractivity contribution in [2.45, 2.75) is 26.2 Å². The van der Waals surface area contributed by atoms with Gasteiger partial charge in [-0.05, 0) is 30.7 Å². The molecule has 0 saturated heterocycles. The molecule has 0 atom stereocenters. The van der Waals surface area contributed by atoms with E-state index < -0.39 is 0 Å². The molecule has 0 aliphatic heterocycles. The lowest BCUT2D eigenvalue weighted by molar-refractivity contribution is 0.0976. The van der Waals surface area contributed by atoms with Crippen LogP contribution in [0.5, 0.6) is 0 Å². The quantitative estimate of drug-likeness (QED) is 0.326. The van der Waals surface area contributed by atoms with E-state index in [9.17, 15) is 4.79 Å².